The average molecular weight is 267 g/mol. The fourth-order valence-electron chi connectivity index (χ4n) is 3.53. The summed E-state index contributed by atoms with van der Waals surface area (Å²) >= 11 is 0. The fourth-order valence-corrected chi connectivity index (χ4v) is 3.53. The van der Waals surface area contributed by atoms with Gasteiger partial charge in [0.1, 0.15) is 0 Å². The minimum Gasteiger partial charge on any atom is -0.481 e. The lowest BCUT2D eigenvalue weighted by Crippen LogP contribution is -2.47. The first kappa shape index (κ1) is 14.4. The largest absolute Gasteiger partial charge is 0.481 e. The van der Waals surface area contributed by atoms with E-state index >= 15 is 0 Å². The van der Waals surface area contributed by atoms with Gasteiger partial charge < -0.3 is 10.0 Å². The predicted octanol–water partition coefficient (Wildman–Crippen LogP) is 2.52. The number of carbonyl (C=O) groups excluding carboxylic acids is 1. The number of piperidine rings is 1. The Bertz CT molecular complexity index is 355. The van der Waals surface area contributed by atoms with Crippen molar-refractivity contribution in [1.29, 1.82) is 0 Å². The van der Waals surface area contributed by atoms with Crippen LogP contribution in [-0.4, -0.2) is 34.5 Å². The first-order chi connectivity index (χ1) is 8.97. The predicted molar refractivity (Wildman–Crippen MR) is 72.7 cm³/mol. The molecule has 0 aromatic carbocycles. The Balaban J connectivity index is 1.91. The Morgan fingerprint density at radius 2 is 1.89 bits per heavy atom. The van der Waals surface area contributed by atoms with E-state index < -0.39 is 5.97 Å². The molecule has 2 rings (SSSR count). The van der Waals surface area contributed by atoms with Crippen molar-refractivity contribution in [3.05, 3.63) is 0 Å². The normalized spacial score (nSPS) is 35.4. The molecule has 19 heavy (non-hydrogen) atoms. The first-order valence-corrected chi connectivity index (χ1v) is 7.49. The molecular formula is C15H25NO3. The molecule has 0 aromatic rings. The maximum Gasteiger partial charge on any atom is 0.308 e. The van der Waals surface area contributed by atoms with Crippen molar-refractivity contribution in [2.24, 2.45) is 17.8 Å². The van der Waals surface area contributed by atoms with Crippen LogP contribution in [0.3, 0.4) is 0 Å². The number of carbonyl (C=O) groups is 2. The second-order valence-electron chi connectivity index (χ2n) is 6.50. The first-order valence-electron chi connectivity index (χ1n) is 7.49. The third kappa shape index (κ3) is 3.48. The quantitative estimate of drug-likeness (QED) is 0.854. The van der Waals surface area contributed by atoms with E-state index in [4.69, 9.17) is 5.11 Å². The van der Waals surface area contributed by atoms with Gasteiger partial charge in [-0.2, -0.15) is 0 Å². The number of hydrogen-bond donors (Lipinski definition) is 1. The van der Waals surface area contributed by atoms with Crippen molar-refractivity contribution in [2.75, 3.05) is 6.54 Å². The lowest BCUT2D eigenvalue weighted by molar-refractivity contribution is -0.147. The minimum absolute atomic E-state index is 0.164. The van der Waals surface area contributed by atoms with Gasteiger partial charge in [0.15, 0.2) is 0 Å². The fraction of sp³-hybridized carbons (Fsp3) is 0.867. The van der Waals surface area contributed by atoms with Crippen LogP contribution in [0.15, 0.2) is 0 Å². The highest BCUT2D eigenvalue weighted by molar-refractivity contribution is 5.78. The molecule has 2 aliphatic rings. The van der Waals surface area contributed by atoms with Crippen LogP contribution in [0.2, 0.25) is 0 Å². The molecule has 0 bridgehead atoms. The number of rotatable bonds is 3. The average Bonchev–Trinajstić information content (AvgIpc) is 2.74. The zero-order valence-corrected chi connectivity index (χ0v) is 12.0. The van der Waals surface area contributed by atoms with Crippen LogP contribution >= 0.6 is 0 Å². The van der Waals surface area contributed by atoms with Crippen LogP contribution in [0, 0.1) is 17.8 Å². The summed E-state index contributed by atoms with van der Waals surface area (Å²) in [6.07, 6.45) is 5.64. The molecule has 4 atom stereocenters. The molecule has 4 heteroatoms. The highest BCUT2D eigenvalue weighted by Gasteiger charge is 2.34. The molecule has 1 amide bonds. The summed E-state index contributed by atoms with van der Waals surface area (Å²) in [6.45, 7) is 4.68. The zero-order valence-electron chi connectivity index (χ0n) is 12.0. The Morgan fingerprint density at radius 1 is 1.16 bits per heavy atom. The van der Waals surface area contributed by atoms with E-state index in [1.807, 2.05) is 11.8 Å². The molecule has 4 nitrogen and oxygen atoms in total. The summed E-state index contributed by atoms with van der Waals surface area (Å²) in [5.41, 5.74) is 0. The SMILES string of the molecule is CC1CCC(CC(=O)N2CC(C(=O)O)CCC2C)C1. The highest BCUT2D eigenvalue weighted by atomic mass is 16.4. The number of nitrogens with zero attached hydrogens (tertiary/aromatic N) is 1. The summed E-state index contributed by atoms with van der Waals surface area (Å²) in [7, 11) is 0. The molecule has 1 N–H and O–H groups in total. The summed E-state index contributed by atoms with van der Waals surface area (Å²) in [4.78, 5) is 25.3. The second-order valence-corrected chi connectivity index (χ2v) is 6.50. The van der Waals surface area contributed by atoms with E-state index in [0.29, 0.717) is 25.3 Å². The van der Waals surface area contributed by atoms with E-state index in [2.05, 4.69) is 6.92 Å². The Morgan fingerprint density at radius 3 is 2.47 bits per heavy atom. The molecule has 108 valence electrons. The third-order valence-corrected chi connectivity index (χ3v) is 4.82. The minimum atomic E-state index is -0.765. The zero-order chi connectivity index (χ0) is 14.0. The number of carboxylic acids is 1. The van der Waals surface area contributed by atoms with Crippen LogP contribution in [0.5, 0.6) is 0 Å². The van der Waals surface area contributed by atoms with Gasteiger partial charge in [0.05, 0.1) is 5.92 Å². The second kappa shape index (κ2) is 5.93. The van der Waals surface area contributed by atoms with Gasteiger partial charge in [-0.25, -0.2) is 0 Å². The molecule has 1 heterocycles. The molecule has 0 radical (unpaired) electrons. The molecule has 4 unspecified atom stereocenters. The lowest BCUT2D eigenvalue weighted by Gasteiger charge is -2.37. The maximum atomic E-state index is 12.4. The number of hydrogen-bond acceptors (Lipinski definition) is 2. The summed E-state index contributed by atoms with van der Waals surface area (Å²) in [5.74, 6) is 0.280. The van der Waals surface area contributed by atoms with Crippen LogP contribution in [-0.2, 0) is 9.59 Å². The monoisotopic (exact) mass is 267 g/mol. The molecule has 1 saturated carbocycles. The standard InChI is InChI=1S/C15H25NO3/c1-10-3-5-12(7-10)8-14(17)16-9-13(15(18)19)6-4-11(16)2/h10-13H,3-9H2,1-2H3,(H,18,19). The van der Waals surface area contributed by atoms with Gasteiger partial charge in [-0.05, 0) is 44.4 Å². The number of amides is 1. The van der Waals surface area contributed by atoms with Crippen molar-refractivity contribution in [3.8, 4) is 0 Å². The highest BCUT2D eigenvalue weighted by Crippen LogP contribution is 2.33. The van der Waals surface area contributed by atoms with Gasteiger partial charge in [-0.15, -0.1) is 0 Å². The van der Waals surface area contributed by atoms with Gasteiger partial charge in [0.25, 0.3) is 0 Å². The Hall–Kier alpha value is -1.06. The topological polar surface area (TPSA) is 57.6 Å². The van der Waals surface area contributed by atoms with E-state index in [1.54, 1.807) is 0 Å². The molecule has 0 spiro atoms. The van der Waals surface area contributed by atoms with Crippen LogP contribution in [0.25, 0.3) is 0 Å². The van der Waals surface area contributed by atoms with E-state index in [1.165, 1.54) is 6.42 Å². The molecular weight excluding hydrogens is 242 g/mol. The van der Waals surface area contributed by atoms with Crippen molar-refractivity contribution in [1.82, 2.24) is 4.90 Å². The summed E-state index contributed by atoms with van der Waals surface area (Å²) in [5, 5.41) is 9.11. The molecule has 1 aliphatic heterocycles. The van der Waals surface area contributed by atoms with Crippen molar-refractivity contribution >= 4 is 11.9 Å². The summed E-state index contributed by atoms with van der Waals surface area (Å²) < 4.78 is 0. The van der Waals surface area contributed by atoms with Crippen molar-refractivity contribution in [3.63, 3.8) is 0 Å². The van der Waals surface area contributed by atoms with Gasteiger partial charge >= 0.3 is 5.97 Å². The van der Waals surface area contributed by atoms with Crippen molar-refractivity contribution < 1.29 is 14.7 Å². The van der Waals surface area contributed by atoms with Gasteiger partial charge in [0, 0.05) is 19.0 Å². The van der Waals surface area contributed by atoms with Gasteiger partial charge in [-0.1, -0.05) is 13.3 Å². The van der Waals surface area contributed by atoms with E-state index in [9.17, 15) is 9.59 Å². The maximum absolute atomic E-state index is 12.4. The van der Waals surface area contributed by atoms with Crippen molar-refractivity contribution in [2.45, 2.75) is 58.4 Å². The number of likely N-dealkylation sites (tertiary alicyclic amines) is 1. The molecule has 1 aliphatic carbocycles. The number of aliphatic carboxylic acids is 1. The van der Waals surface area contributed by atoms with Crippen LogP contribution < -0.4 is 0 Å². The smallest absolute Gasteiger partial charge is 0.308 e. The summed E-state index contributed by atoms with van der Waals surface area (Å²) in [6, 6.07) is 0.196. The van der Waals surface area contributed by atoms with Crippen LogP contribution in [0.1, 0.15) is 52.4 Å². The van der Waals surface area contributed by atoms with E-state index in [-0.39, 0.29) is 17.9 Å². The molecule has 0 aromatic heterocycles. The van der Waals surface area contributed by atoms with E-state index in [0.717, 1.165) is 25.2 Å². The van der Waals surface area contributed by atoms with Crippen LogP contribution in [0.4, 0.5) is 0 Å². The third-order valence-electron chi connectivity index (χ3n) is 4.82. The Kier molecular flexibility index (Phi) is 4.48. The molecule has 1 saturated heterocycles. The van der Waals surface area contributed by atoms with Gasteiger partial charge in [0.2, 0.25) is 5.91 Å². The number of carboxylic acid groups (broad SMARTS) is 1. The Labute approximate surface area is 115 Å². The lowest BCUT2D eigenvalue weighted by atomic mass is 9.92. The van der Waals surface area contributed by atoms with Gasteiger partial charge in [-0.3, -0.25) is 9.59 Å². The molecule has 2 fully saturated rings.